The zero-order valence-corrected chi connectivity index (χ0v) is 13.0. The number of nitrogens with two attached hydrogens (primary N) is 1. The molecule has 0 heterocycles. The Hall–Kier alpha value is -0.770. The Balaban J connectivity index is 2.66. The molecule has 0 saturated heterocycles. The van der Waals surface area contributed by atoms with E-state index in [4.69, 9.17) is 28.9 Å². The molecular formula is C14H20Cl2N2O. The normalized spacial score (nSPS) is 12.6. The zero-order valence-electron chi connectivity index (χ0n) is 11.5. The topological polar surface area (TPSA) is 46.3 Å². The van der Waals surface area contributed by atoms with E-state index in [9.17, 15) is 4.79 Å². The first-order valence-electron chi connectivity index (χ1n) is 6.29. The number of carbonyl (C=O) groups is 1. The first-order valence-corrected chi connectivity index (χ1v) is 7.04. The summed E-state index contributed by atoms with van der Waals surface area (Å²) in [5.74, 6) is 0.292. The van der Waals surface area contributed by atoms with Crippen molar-refractivity contribution in [2.75, 3.05) is 13.6 Å². The number of amides is 1. The molecule has 0 spiro atoms. The lowest BCUT2D eigenvalue weighted by molar-refractivity contribution is 0.0789. The van der Waals surface area contributed by atoms with E-state index in [-0.39, 0.29) is 11.9 Å². The van der Waals surface area contributed by atoms with Crippen molar-refractivity contribution in [2.45, 2.75) is 26.3 Å². The first kappa shape index (κ1) is 16.3. The van der Waals surface area contributed by atoms with Crippen molar-refractivity contribution < 1.29 is 4.79 Å². The Kier molecular flexibility index (Phi) is 6.11. The summed E-state index contributed by atoms with van der Waals surface area (Å²) in [6.45, 7) is 4.75. The van der Waals surface area contributed by atoms with Gasteiger partial charge < -0.3 is 10.6 Å². The van der Waals surface area contributed by atoms with Gasteiger partial charge in [0.25, 0.3) is 5.91 Å². The molecule has 1 aromatic rings. The fourth-order valence-corrected chi connectivity index (χ4v) is 2.14. The Morgan fingerprint density at radius 1 is 1.37 bits per heavy atom. The lowest BCUT2D eigenvalue weighted by Crippen LogP contribution is -2.34. The van der Waals surface area contributed by atoms with Crippen molar-refractivity contribution in [1.29, 1.82) is 0 Å². The highest BCUT2D eigenvalue weighted by atomic mass is 35.5. The fraction of sp³-hybridized carbons (Fsp3) is 0.500. The second-order valence-corrected chi connectivity index (χ2v) is 5.89. The average Bonchev–Trinajstić information content (AvgIpc) is 2.34. The minimum absolute atomic E-state index is 0.0935. The van der Waals surface area contributed by atoms with Crippen LogP contribution >= 0.6 is 23.2 Å². The minimum Gasteiger partial charge on any atom is -0.342 e. The maximum atomic E-state index is 12.2. The van der Waals surface area contributed by atoms with Crippen LogP contribution in [0, 0.1) is 5.92 Å². The van der Waals surface area contributed by atoms with Crippen molar-refractivity contribution in [2.24, 2.45) is 11.7 Å². The molecule has 1 amide bonds. The van der Waals surface area contributed by atoms with Crippen molar-refractivity contribution in [3.63, 3.8) is 0 Å². The Morgan fingerprint density at radius 3 is 2.53 bits per heavy atom. The largest absolute Gasteiger partial charge is 0.342 e. The molecule has 0 aliphatic carbocycles. The van der Waals surface area contributed by atoms with Crippen molar-refractivity contribution in [1.82, 2.24) is 4.90 Å². The third-order valence-electron chi connectivity index (χ3n) is 3.16. The van der Waals surface area contributed by atoms with Crippen LogP contribution in [0.5, 0.6) is 0 Å². The van der Waals surface area contributed by atoms with Crippen LogP contribution in [0.4, 0.5) is 0 Å². The molecular weight excluding hydrogens is 283 g/mol. The number of hydrogen-bond acceptors (Lipinski definition) is 2. The molecule has 3 nitrogen and oxygen atoms in total. The molecule has 1 unspecified atom stereocenters. The number of rotatable bonds is 5. The predicted octanol–water partition coefficient (Wildman–Crippen LogP) is 3.44. The molecule has 0 aliphatic rings. The fourth-order valence-electron chi connectivity index (χ4n) is 1.65. The summed E-state index contributed by atoms with van der Waals surface area (Å²) in [5.41, 5.74) is 6.44. The third kappa shape index (κ3) is 4.68. The highest BCUT2D eigenvalue weighted by molar-refractivity contribution is 6.36. The molecule has 19 heavy (non-hydrogen) atoms. The highest BCUT2D eigenvalue weighted by Crippen LogP contribution is 2.22. The van der Waals surface area contributed by atoms with Gasteiger partial charge in [-0.15, -0.1) is 0 Å². The monoisotopic (exact) mass is 302 g/mol. The lowest BCUT2D eigenvalue weighted by Gasteiger charge is -2.22. The van der Waals surface area contributed by atoms with E-state index in [1.54, 1.807) is 30.1 Å². The molecule has 0 aliphatic heterocycles. The predicted molar refractivity (Wildman–Crippen MR) is 80.9 cm³/mol. The quantitative estimate of drug-likeness (QED) is 0.905. The average molecular weight is 303 g/mol. The summed E-state index contributed by atoms with van der Waals surface area (Å²) in [4.78, 5) is 13.9. The van der Waals surface area contributed by atoms with Crippen molar-refractivity contribution in [3.05, 3.63) is 33.8 Å². The number of halogens is 2. The maximum absolute atomic E-state index is 12.2. The second-order valence-electron chi connectivity index (χ2n) is 5.05. The van der Waals surface area contributed by atoms with E-state index in [0.717, 1.165) is 6.42 Å². The standard InChI is InChI=1S/C14H20Cl2N2O/c1-9(2)13(17)6-7-18(3)14(19)11-5-4-10(15)8-12(11)16/h4-5,8-9,13H,6-7,17H2,1-3H3. The van der Waals surface area contributed by atoms with Crippen LogP contribution in [0.15, 0.2) is 18.2 Å². The zero-order chi connectivity index (χ0) is 14.6. The summed E-state index contributed by atoms with van der Waals surface area (Å²) in [7, 11) is 1.75. The van der Waals surface area contributed by atoms with E-state index in [2.05, 4.69) is 13.8 Å². The Labute approximate surface area is 124 Å². The number of hydrogen-bond donors (Lipinski definition) is 1. The first-order chi connectivity index (χ1) is 8.82. The van der Waals surface area contributed by atoms with Gasteiger partial charge in [-0.05, 0) is 30.5 Å². The van der Waals surface area contributed by atoms with Gasteiger partial charge >= 0.3 is 0 Å². The third-order valence-corrected chi connectivity index (χ3v) is 3.71. The van der Waals surface area contributed by atoms with E-state index in [0.29, 0.717) is 28.1 Å². The molecule has 1 atom stereocenters. The number of nitrogens with zero attached hydrogens (tertiary/aromatic N) is 1. The van der Waals surface area contributed by atoms with Crippen LogP contribution < -0.4 is 5.73 Å². The van der Waals surface area contributed by atoms with Crippen molar-refractivity contribution in [3.8, 4) is 0 Å². The van der Waals surface area contributed by atoms with Crippen LogP contribution in [-0.2, 0) is 0 Å². The van der Waals surface area contributed by atoms with Crippen LogP contribution in [0.3, 0.4) is 0 Å². The summed E-state index contributed by atoms with van der Waals surface area (Å²) in [6.07, 6.45) is 0.769. The number of benzene rings is 1. The van der Waals surface area contributed by atoms with Gasteiger partial charge in [-0.25, -0.2) is 0 Å². The molecule has 0 saturated carbocycles. The van der Waals surface area contributed by atoms with E-state index < -0.39 is 0 Å². The molecule has 0 fully saturated rings. The van der Waals surface area contributed by atoms with E-state index in [1.165, 1.54) is 0 Å². The minimum atomic E-state index is -0.113. The second kappa shape index (κ2) is 7.13. The molecule has 0 bridgehead atoms. The molecule has 5 heteroatoms. The molecule has 1 aromatic carbocycles. The highest BCUT2D eigenvalue weighted by Gasteiger charge is 2.16. The summed E-state index contributed by atoms with van der Waals surface area (Å²) in [6, 6.07) is 4.97. The maximum Gasteiger partial charge on any atom is 0.255 e. The van der Waals surface area contributed by atoms with Gasteiger partial charge in [0, 0.05) is 24.7 Å². The molecule has 2 N–H and O–H groups in total. The van der Waals surface area contributed by atoms with Gasteiger partial charge in [0.15, 0.2) is 0 Å². The van der Waals surface area contributed by atoms with Crippen LogP contribution in [-0.4, -0.2) is 30.4 Å². The molecule has 0 radical (unpaired) electrons. The van der Waals surface area contributed by atoms with E-state index >= 15 is 0 Å². The summed E-state index contributed by atoms with van der Waals surface area (Å²) < 4.78 is 0. The van der Waals surface area contributed by atoms with Gasteiger partial charge in [-0.3, -0.25) is 4.79 Å². The van der Waals surface area contributed by atoms with Crippen LogP contribution in [0.25, 0.3) is 0 Å². The van der Waals surface area contributed by atoms with Crippen molar-refractivity contribution >= 4 is 29.1 Å². The summed E-state index contributed by atoms with van der Waals surface area (Å²) in [5, 5.41) is 0.892. The SMILES string of the molecule is CC(C)C(N)CCN(C)C(=O)c1ccc(Cl)cc1Cl. The van der Waals surface area contributed by atoms with Gasteiger partial charge in [-0.1, -0.05) is 37.0 Å². The van der Waals surface area contributed by atoms with Crippen LogP contribution in [0.2, 0.25) is 10.0 Å². The Morgan fingerprint density at radius 2 is 2.00 bits per heavy atom. The van der Waals surface area contributed by atoms with Gasteiger partial charge in [0.1, 0.15) is 0 Å². The lowest BCUT2D eigenvalue weighted by atomic mass is 10.0. The Bertz CT molecular complexity index is 449. The molecule has 106 valence electrons. The van der Waals surface area contributed by atoms with Gasteiger partial charge in [0.2, 0.25) is 0 Å². The van der Waals surface area contributed by atoms with Gasteiger partial charge in [0.05, 0.1) is 10.6 Å². The molecule has 1 rings (SSSR count). The number of carbonyl (C=O) groups excluding carboxylic acids is 1. The van der Waals surface area contributed by atoms with Crippen LogP contribution in [0.1, 0.15) is 30.6 Å². The van der Waals surface area contributed by atoms with E-state index in [1.807, 2.05) is 0 Å². The summed E-state index contributed by atoms with van der Waals surface area (Å²) >= 11 is 11.8. The molecule has 0 aromatic heterocycles. The smallest absolute Gasteiger partial charge is 0.255 e. The van der Waals surface area contributed by atoms with Gasteiger partial charge in [-0.2, -0.15) is 0 Å².